The number of hydrogen-bond acceptors (Lipinski definition) is 3. The van der Waals surface area contributed by atoms with Crippen molar-refractivity contribution in [3.8, 4) is 0 Å². The van der Waals surface area contributed by atoms with Gasteiger partial charge in [-0.05, 0) is 39.0 Å². The number of aliphatic hydroxyl groups is 1. The van der Waals surface area contributed by atoms with E-state index in [0.29, 0.717) is 25.3 Å². The highest BCUT2D eigenvalue weighted by Gasteiger charge is 2.26. The molecule has 3 N–H and O–H groups in total. The molecule has 2 unspecified atom stereocenters. The van der Waals surface area contributed by atoms with Crippen LogP contribution in [0.5, 0.6) is 0 Å². The van der Waals surface area contributed by atoms with Crippen molar-refractivity contribution in [3.63, 3.8) is 0 Å². The highest BCUT2D eigenvalue weighted by Crippen LogP contribution is 2.26. The fourth-order valence-corrected chi connectivity index (χ4v) is 2.74. The molecule has 4 nitrogen and oxygen atoms in total. The van der Waals surface area contributed by atoms with Crippen molar-refractivity contribution in [2.45, 2.75) is 64.5 Å². The molecule has 4 heteroatoms. The zero-order chi connectivity index (χ0) is 13.5. The van der Waals surface area contributed by atoms with Gasteiger partial charge in [0.2, 0.25) is 5.91 Å². The Balaban J connectivity index is 2.49. The summed E-state index contributed by atoms with van der Waals surface area (Å²) in [7, 11) is 0. The summed E-state index contributed by atoms with van der Waals surface area (Å²) in [6, 6.07) is 0.387. The number of carbonyl (C=O) groups is 1. The third-order valence-electron chi connectivity index (χ3n) is 3.91. The largest absolute Gasteiger partial charge is 0.396 e. The Labute approximate surface area is 111 Å². The maximum absolute atomic E-state index is 12.3. The van der Waals surface area contributed by atoms with E-state index in [4.69, 9.17) is 10.8 Å². The molecule has 0 radical (unpaired) electrons. The number of hydrogen-bond donors (Lipinski definition) is 2. The third-order valence-corrected chi connectivity index (χ3v) is 3.91. The number of rotatable bonds is 6. The van der Waals surface area contributed by atoms with Crippen molar-refractivity contribution < 1.29 is 9.90 Å². The second-order valence-electron chi connectivity index (χ2n) is 5.67. The van der Waals surface area contributed by atoms with Crippen LogP contribution in [0.4, 0.5) is 0 Å². The van der Waals surface area contributed by atoms with E-state index >= 15 is 0 Å². The van der Waals surface area contributed by atoms with Gasteiger partial charge in [-0.15, -0.1) is 0 Å². The number of nitrogens with zero attached hydrogens (tertiary/aromatic N) is 1. The molecular weight excluding hydrogens is 228 g/mol. The number of amides is 1. The maximum atomic E-state index is 12.3. The Morgan fingerprint density at radius 2 is 2.06 bits per heavy atom. The van der Waals surface area contributed by atoms with Gasteiger partial charge in [-0.2, -0.15) is 0 Å². The molecule has 2 atom stereocenters. The first kappa shape index (κ1) is 15.4. The van der Waals surface area contributed by atoms with Gasteiger partial charge in [-0.1, -0.05) is 12.8 Å². The first-order valence-electron chi connectivity index (χ1n) is 7.22. The molecule has 1 rings (SSSR count). The lowest BCUT2D eigenvalue weighted by molar-refractivity contribution is -0.134. The molecule has 0 aromatic heterocycles. The second-order valence-corrected chi connectivity index (χ2v) is 5.67. The van der Waals surface area contributed by atoms with Crippen LogP contribution in [0.2, 0.25) is 0 Å². The number of nitrogens with two attached hydrogens (primary N) is 1. The van der Waals surface area contributed by atoms with Crippen molar-refractivity contribution in [1.29, 1.82) is 0 Å². The highest BCUT2D eigenvalue weighted by molar-refractivity contribution is 5.76. The Morgan fingerprint density at radius 3 is 2.61 bits per heavy atom. The Kier molecular flexibility index (Phi) is 6.65. The first-order chi connectivity index (χ1) is 8.56. The summed E-state index contributed by atoms with van der Waals surface area (Å²) >= 11 is 0. The van der Waals surface area contributed by atoms with Gasteiger partial charge in [-0.3, -0.25) is 4.79 Å². The molecule has 0 aromatic rings. The summed E-state index contributed by atoms with van der Waals surface area (Å²) in [5, 5.41) is 8.88. The van der Waals surface area contributed by atoms with E-state index in [1.165, 1.54) is 12.8 Å². The highest BCUT2D eigenvalue weighted by atomic mass is 16.3. The normalized spacial score (nSPS) is 24.3. The van der Waals surface area contributed by atoms with Gasteiger partial charge in [0.05, 0.1) is 0 Å². The predicted octanol–water partition coefficient (Wildman–Crippen LogP) is 1.51. The summed E-state index contributed by atoms with van der Waals surface area (Å²) in [4.78, 5) is 14.2. The van der Waals surface area contributed by atoms with E-state index in [2.05, 4.69) is 0 Å². The minimum absolute atomic E-state index is 0.138. The van der Waals surface area contributed by atoms with Crippen LogP contribution in [0.1, 0.15) is 52.4 Å². The molecule has 0 saturated heterocycles. The van der Waals surface area contributed by atoms with Gasteiger partial charge < -0.3 is 15.7 Å². The topological polar surface area (TPSA) is 66.6 Å². The third kappa shape index (κ3) is 4.58. The molecule has 0 spiro atoms. The van der Waals surface area contributed by atoms with Crippen LogP contribution in [0, 0.1) is 5.92 Å². The fraction of sp³-hybridized carbons (Fsp3) is 0.929. The van der Waals surface area contributed by atoms with Crippen molar-refractivity contribution in [3.05, 3.63) is 0 Å². The molecule has 18 heavy (non-hydrogen) atoms. The molecule has 1 fully saturated rings. The maximum Gasteiger partial charge on any atom is 0.223 e. The molecule has 1 aliphatic carbocycles. The SMILES string of the molecule is CC(C)N(CCCO)C(=O)CC1CCCCC1N. The van der Waals surface area contributed by atoms with Crippen LogP contribution in [0.15, 0.2) is 0 Å². The van der Waals surface area contributed by atoms with Crippen molar-refractivity contribution in [2.75, 3.05) is 13.2 Å². The summed E-state index contributed by atoms with van der Waals surface area (Å²) in [5.41, 5.74) is 6.09. The van der Waals surface area contributed by atoms with E-state index < -0.39 is 0 Å². The van der Waals surface area contributed by atoms with Gasteiger partial charge in [0.1, 0.15) is 0 Å². The predicted molar refractivity (Wildman–Crippen MR) is 73.1 cm³/mol. The average Bonchev–Trinajstić information content (AvgIpc) is 2.32. The van der Waals surface area contributed by atoms with Crippen molar-refractivity contribution in [2.24, 2.45) is 11.7 Å². The quantitative estimate of drug-likeness (QED) is 0.757. The average molecular weight is 256 g/mol. The second kappa shape index (κ2) is 7.74. The lowest BCUT2D eigenvalue weighted by Crippen LogP contribution is -2.42. The van der Waals surface area contributed by atoms with Crippen LogP contribution < -0.4 is 5.73 Å². The number of carbonyl (C=O) groups excluding carboxylic acids is 1. The summed E-state index contributed by atoms with van der Waals surface area (Å²) in [6.07, 6.45) is 5.76. The molecule has 0 aromatic carbocycles. The van der Waals surface area contributed by atoms with Crippen LogP contribution in [-0.4, -0.2) is 41.1 Å². The van der Waals surface area contributed by atoms with E-state index in [1.807, 2.05) is 18.7 Å². The Hall–Kier alpha value is -0.610. The zero-order valence-corrected chi connectivity index (χ0v) is 11.8. The molecule has 1 aliphatic rings. The van der Waals surface area contributed by atoms with Crippen LogP contribution in [0.25, 0.3) is 0 Å². The minimum Gasteiger partial charge on any atom is -0.396 e. The molecule has 106 valence electrons. The lowest BCUT2D eigenvalue weighted by atomic mass is 9.82. The smallest absolute Gasteiger partial charge is 0.223 e. The molecule has 0 bridgehead atoms. The summed E-state index contributed by atoms with van der Waals surface area (Å²) < 4.78 is 0. The summed E-state index contributed by atoms with van der Waals surface area (Å²) in [5.74, 6) is 0.544. The molecule has 0 aliphatic heterocycles. The van der Waals surface area contributed by atoms with Gasteiger partial charge >= 0.3 is 0 Å². The van der Waals surface area contributed by atoms with Gasteiger partial charge in [-0.25, -0.2) is 0 Å². The molecule has 0 heterocycles. The fourth-order valence-electron chi connectivity index (χ4n) is 2.74. The number of aliphatic hydroxyl groups excluding tert-OH is 1. The van der Waals surface area contributed by atoms with E-state index in [0.717, 1.165) is 12.8 Å². The molecule has 1 amide bonds. The van der Waals surface area contributed by atoms with Crippen LogP contribution >= 0.6 is 0 Å². The Morgan fingerprint density at radius 1 is 1.39 bits per heavy atom. The van der Waals surface area contributed by atoms with Gasteiger partial charge in [0.25, 0.3) is 0 Å². The lowest BCUT2D eigenvalue weighted by Gasteiger charge is -2.32. The van der Waals surface area contributed by atoms with Gasteiger partial charge in [0.15, 0.2) is 0 Å². The first-order valence-corrected chi connectivity index (χ1v) is 7.22. The van der Waals surface area contributed by atoms with Gasteiger partial charge in [0, 0.05) is 31.7 Å². The van der Waals surface area contributed by atoms with Crippen LogP contribution in [0.3, 0.4) is 0 Å². The zero-order valence-electron chi connectivity index (χ0n) is 11.8. The minimum atomic E-state index is 0.138. The van der Waals surface area contributed by atoms with Crippen molar-refractivity contribution in [1.82, 2.24) is 4.90 Å². The van der Waals surface area contributed by atoms with Crippen LogP contribution in [-0.2, 0) is 4.79 Å². The summed E-state index contributed by atoms with van der Waals surface area (Å²) in [6.45, 7) is 4.83. The van der Waals surface area contributed by atoms with Crippen molar-refractivity contribution >= 4 is 5.91 Å². The van der Waals surface area contributed by atoms with E-state index in [9.17, 15) is 4.79 Å². The monoisotopic (exact) mass is 256 g/mol. The molecular formula is C14H28N2O2. The van der Waals surface area contributed by atoms with E-state index in [-0.39, 0.29) is 24.6 Å². The molecule has 1 saturated carbocycles. The standard InChI is InChI=1S/C14H28N2O2/c1-11(2)16(8-5-9-17)14(18)10-12-6-3-4-7-13(12)15/h11-13,17H,3-10,15H2,1-2H3. The Bertz CT molecular complexity index is 256. The van der Waals surface area contributed by atoms with E-state index in [1.54, 1.807) is 0 Å².